The zero-order chi connectivity index (χ0) is 19.1. The molecule has 2 amide bonds. The molecule has 0 radical (unpaired) electrons. The molecule has 0 bridgehead atoms. The van der Waals surface area contributed by atoms with Crippen molar-refractivity contribution in [2.45, 2.75) is 25.6 Å². The summed E-state index contributed by atoms with van der Waals surface area (Å²) in [6, 6.07) is 1.97. The quantitative estimate of drug-likeness (QED) is 0.817. The second-order valence-corrected chi connectivity index (χ2v) is 6.08. The predicted octanol–water partition coefficient (Wildman–Crippen LogP) is 1.97. The van der Waals surface area contributed by atoms with Gasteiger partial charge in [0.15, 0.2) is 0 Å². The lowest BCUT2D eigenvalue weighted by molar-refractivity contribution is -0.138. The third kappa shape index (κ3) is 3.36. The maximum atomic E-state index is 13.3. The molecule has 0 saturated carbocycles. The van der Waals surface area contributed by atoms with Gasteiger partial charge in [0.2, 0.25) is 0 Å². The first kappa shape index (κ1) is 18.2. The van der Waals surface area contributed by atoms with E-state index in [-0.39, 0.29) is 29.9 Å². The zero-order valence-corrected chi connectivity index (χ0v) is 14.1. The Morgan fingerprint density at radius 3 is 2.58 bits per heavy atom. The molecule has 2 aliphatic heterocycles. The van der Waals surface area contributed by atoms with Gasteiger partial charge < -0.3 is 9.64 Å². The number of carbonyl (C=O) groups excluding carboxylic acids is 2. The van der Waals surface area contributed by atoms with Crippen LogP contribution in [-0.4, -0.2) is 48.1 Å². The van der Waals surface area contributed by atoms with Crippen molar-refractivity contribution < 1.29 is 27.5 Å². The van der Waals surface area contributed by atoms with Crippen molar-refractivity contribution in [1.29, 1.82) is 0 Å². The Bertz CT molecular complexity index is 778. The van der Waals surface area contributed by atoms with E-state index in [9.17, 15) is 22.8 Å². The monoisotopic (exact) mass is 370 g/mol. The Balaban J connectivity index is 1.90. The number of ether oxygens (including phenoxy) is 1. The summed E-state index contributed by atoms with van der Waals surface area (Å²) in [5, 5.41) is 0.719. The topological polar surface area (TPSA) is 74.8 Å². The maximum Gasteiger partial charge on any atom is 0.419 e. The standard InChI is InChI=1S/C16H17F3N4O3/c1-9-7-13(24)23(15(9)25)21-12-4-3-11(16(17,18)19)14(20-12)22-6-5-10(8-22)26-2/h3-4,7,10H,5-6,8H2,1-2H3,(H,20,21)/t10-/m0/s1. The number of alkyl halides is 3. The maximum absolute atomic E-state index is 13.3. The number of nitrogens with one attached hydrogen (secondary N) is 1. The van der Waals surface area contributed by atoms with Gasteiger partial charge >= 0.3 is 6.18 Å². The lowest BCUT2D eigenvalue weighted by atomic mass is 10.2. The van der Waals surface area contributed by atoms with E-state index >= 15 is 0 Å². The van der Waals surface area contributed by atoms with Gasteiger partial charge in [-0.1, -0.05) is 0 Å². The van der Waals surface area contributed by atoms with E-state index in [0.717, 1.165) is 23.2 Å². The second-order valence-electron chi connectivity index (χ2n) is 6.08. The minimum atomic E-state index is -4.58. The van der Waals surface area contributed by atoms with E-state index in [0.29, 0.717) is 13.0 Å². The molecule has 0 aromatic carbocycles. The first-order valence-electron chi connectivity index (χ1n) is 7.90. The van der Waals surface area contributed by atoms with E-state index in [1.807, 2.05) is 0 Å². The highest BCUT2D eigenvalue weighted by atomic mass is 19.4. The zero-order valence-electron chi connectivity index (χ0n) is 14.1. The van der Waals surface area contributed by atoms with Crippen LogP contribution in [0.3, 0.4) is 0 Å². The molecule has 1 saturated heterocycles. The van der Waals surface area contributed by atoms with Gasteiger partial charge in [-0.25, -0.2) is 4.98 Å². The summed E-state index contributed by atoms with van der Waals surface area (Å²) in [5.41, 5.74) is 1.84. The fourth-order valence-electron chi connectivity index (χ4n) is 2.89. The van der Waals surface area contributed by atoms with Crippen molar-refractivity contribution >= 4 is 23.5 Å². The molecule has 1 atom stereocenters. The fourth-order valence-corrected chi connectivity index (χ4v) is 2.89. The van der Waals surface area contributed by atoms with Gasteiger partial charge in [-0.2, -0.15) is 18.2 Å². The van der Waals surface area contributed by atoms with Crippen LogP contribution in [0.1, 0.15) is 18.9 Å². The molecule has 1 N–H and O–H groups in total. The highest BCUT2D eigenvalue weighted by Gasteiger charge is 2.38. The average molecular weight is 370 g/mol. The van der Waals surface area contributed by atoms with Gasteiger partial charge in [0.25, 0.3) is 11.8 Å². The summed E-state index contributed by atoms with van der Waals surface area (Å²) in [4.78, 5) is 29.2. The first-order chi connectivity index (χ1) is 12.2. The highest BCUT2D eigenvalue weighted by molar-refractivity contribution is 6.16. The molecule has 2 aliphatic rings. The third-order valence-electron chi connectivity index (χ3n) is 4.29. The number of hydrogen-bond acceptors (Lipinski definition) is 6. The number of methoxy groups -OCH3 is 1. The van der Waals surface area contributed by atoms with E-state index < -0.39 is 23.6 Å². The van der Waals surface area contributed by atoms with Gasteiger partial charge in [0.05, 0.1) is 11.7 Å². The molecule has 3 heterocycles. The Kier molecular flexibility index (Phi) is 4.61. The van der Waals surface area contributed by atoms with Crippen LogP contribution in [0.5, 0.6) is 0 Å². The molecule has 0 aliphatic carbocycles. The summed E-state index contributed by atoms with van der Waals surface area (Å²) in [7, 11) is 1.50. The average Bonchev–Trinajstić information content (AvgIpc) is 3.14. The Morgan fingerprint density at radius 2 is 2.04 bits per heavy atom. The van der Waals surface area contributed by atoms with Crippen LogP contribution >= 0.6 is 0 Å². The number of carbonyl (C=O) groups is 2. The van der Waals surface area contributed by atoms with Crippen molar-refractivity contribution in [1.82, 2.24) is 9.99 Å². The summed E-state index contributed by atoms with van der Waals surface area (Å²) < 4.78 is 45.2. The number of amides is 2. The number of hydrogen-bond donors (Lipinski definition) is 1. The fraction of sp³-hybridized carbons (Fsp3) is 0.438. The predicted molar refractivity (Wildman–Crippen MR) is 86.1 cm³/mol. The minimum Gasteiger partial charge on any atom is -0.380 e. The summed E-state index contributed by atoms with van der Waals surface area (Å²) in [6.45, 7) is 2.11. The number of anilines is 2. The molecular formula is C16H17F3N4O3. The molecular weight excluding hydrogens is 353 g/mol. The smallest absolute Gasteiger partial charge is 0.380 e. The number of imide groups is 1. The molecule has 1 aromatic rings. The number of rotatable bonds is 4. The van der Waals surface area contributed by atoms with Crippen molar-refractivity contribution in [2.75, 3.05) is 30.5 Å². The van der Waals surface area contributed by atoms with Gasteiger partial charge in [0.1, 0.15) is 11.6 Å². The van der Waals surface area contributed by atoms with Gasteiger partial charge in [-0.15, -0.1) is 0 Å². The van der Waals surface area contributed by atoms with Crippen LogP contribution in [-0.2, 0) is 20.5 Å². The van der Waals surface area contributed by atoms with Gasteiger partial charge in [0, 0.05) is 31.8 Å². The molecule has 140 valence electrons. The van der Waals surface area contributed by atoms with E-state index in [1.165, 1.54) is 18.9 Å². The number of pyridine rings is 1. The van der Waals surface area contributed by atoms with Crippen LogP contribution in [0.4, 0.5) is 24.8 Å². The summed E-state index contributed by atoms with van der Waals surface area (Å²) in [5.74, 6) is -1.46. The van der Waals surface area contributed by atoms with Crippen LogP contribution in [0.15, 0.2) is 23.8 Å². The van der Waals surface area contributed by atoms with Gasteiger partial charge in [-0.05, 0) is 25.5 Å². The summed E-state index contributed by atoms with van der Waals surface area (Å²) in [6.07, 6.45) is -3.03. The lowest BCUT2D eigenvalue weighted by Gasteiger charge is -2.24. The van der Waals surface area contributed by atoms with Crippen LogP contribution in [0.2, 0.25) is 0 Å². The minimum absolute atomic E-state index is 0.0290. The second kappa shape index (κ2) is 6.60. The van der Waals surface area contributed by atoms with Crippen molar-refractivity contribution in [3.05, 3.63) is 29.3 Å². The van der Waals surface area contributed by atoms with Crippen LogP contribution < -0.4 is 10.3 Å². The number of halogens is 3. The SMILES string of the molecule is CO[C@H]1CCN(c2nc(NN3C(=O)C=C(C)C3=O)ccc2C(F)(F)F)C1. The van der Waals surface area contributed by atoms with E-state index in [4.69, 9.17) is 4.74 Å². The molecule has 26 heavy (non-hydrogen) atoms. The molecule has 3 rings (SSSR count). The van der Waals surface area contributed by atoms with Crippen LogP contribution in [0.25, 0.3) is 0 Å². The number of aromatic nitrogens is 1. The van der Waals surface area contributed by atoms with Gasteiger partial charge in [-0.3, -0.25) is 15.0 Å². The molecule has 0 unspecified atom stereocenters. The largest absolute Gasteiger partial charge is 0.419 e. The third-order valence-corrected chi connectivity index (χ3v) is 4.29. The normalized spacial score (nSPS) is 20.8. The Morgan fingerprint density at radius 1 is 1.31 bits per heavy atom. The number of hydrazine groups is 1. The van der Waals surface area contributed by atoms with Crippen molar-refractivity contribution in [3.63, 3.8) is 0 Å². The van der Waals surface area contributed by atoms with E-state index in [1.54, 1.807) is 0 Å². The molecule has 10 heteroatoms. The van der Waals surface area contributed by atoms with Crippen LogP contribution in [0, 0.1) is 0 Å². The first-order valence-corrected chi connectivity index (χ1v) is 7.90. The molecule has 1 fully saturated rings. The lowest BCUT2D eigenvalue weighted by Crippen LogP contribution is -2.37. The molecule has 7 nitrogen and oxygen atoms in total. The Labute approximate surface area is 147 Å². The Hall–Kier alpha value is -2.62. The molecule has 0 spiro atoms. The van der Waals surface area contributed by atoms with Crippen molar-refractivity contribution in [2.24, 2.45) is 0 Å². The highest BCUT2D eigenvalue weighted by Crippen LogP contribution is 2.37. The van der Waals surface area contributed by atoms with Crippen molar-refractivity contribution in [3.8, 4) is 0 Å². The van der Waals surface area contributed by atoms with E-state index in [2.05, 4.69) is 10.4 Å². The molecule has 1 aromatic heterocycles. The number of nitrogens with zero attached hydrogens (tertiary/aromatic N) is 3. The summed E-state index contributed by atoms with van der Waals surface area (Å²) >= 11 is 0.